The van der Waals surface area contributed by atoms with E-state index >= 15 is 0 Å². The second-order valence-electron chi connectivity index (χ2n) is 10.6. The van der Waals surface area contributed by atoms with Crippen LogP contribution in [0, 0.1) is 19.8 Å². The van der Waals surface area contributed by atoms with Gasteiger partial charge in [-0.25, -0.2) is 4.98 Å². The van der Waals surface area contributed by atoms with Gasteiger partial charge in [0.05, 0.1) is 34.5 Å². The van der Waals surface area contributed by atoms with Crippen LogP contribution >= 0.6 is 36.2 Å². The number of ether oxygens (including phenoxy) is 1. The van der Waals surface area contributed by atoms with Crippen molar-refractivity contribution >= 4 is 48.0 Å². The highest BCUT2D eigenvalue weighted by Gasteiger charge is 2.43. The Bertz CT molecular complexity index is 1320. The summed E-state index contributed by atoms with van der Waals surface area (Å²) in [4.78, 5) is 33.9. The number of aliphatic hydroxyl groups excluding tert-OH is 1. The van der Waals surface area contributed by atoms with Crippen LogP contribution in [0.15, 0.2) is 34.3 Å². The Kier molecular flexibility index (Phi) is 13.7. The molecule has 10 nitrogen and oxygen atoms in total. The third-order valence-electron chi connectivity index (χ3n) is 7.13. The van der Waals surface area contributed by atoms with Gasteiger partial charge >= 0.3 is 0 Å². The molecule has 0 bridgehead atoms. The first-order chi connectivity index (χ1) is 19.2. The van der Waals surface area contributed by atoms with Gasteiger partial charge in [-0.15, -0.1) is 36.2 Å². The number of hydrogen-bond donors (Lipinski definition) is 3. The number of nitrogens with one attached hydrogen (secondary N) is 1. The molecule has 1 fully saturated rings. The van der Waals surface area contributed by atoms with E-state index in [2.05, 4.69) is 15.5 Å². The third-order valence-corrected chi connectivity index (χ3v) is 8.11. The fraction of sp³-hybridized carbons (Fsp3) is 0.517. The summed E-state index contributed by atoms with van der Waals surface area (Å²) in [6.07, 6.45) is 1.07. The van der Waals surface area contributed by atoms with E-state index in [0.29, 0.717) is 30.4 Å². The quantitative estimate of drug-likeness (QED) is 0.247. The Labute approximate surface area is 263 Å². The van der Waals surface area contributed by atoms with Crippen molar-refractivity contribution in [2.24, 2.45) is 11.7 Å². The summed E-state index contributed by atoms with van der Waals surface area (Å²) in [5.41, 5.74) is 10.9. The topological polar surface area (TPSA) is 144 Å². The Morgan fingerprint density at radius 1 is 1.24 bits per heavy atom. The van der Waals surface area contributed by atoms with E-state index < -0.39 is 18.1 Å². The zero-order valence-corrected chi connectivity index (χ0v) is 26.8. The van der Waals surface area contributed by atoms with Crippen LogP contribution in [-0.4, -0.2) is 63.8 Å². The summed E-state index contributed by atoms with van der Waals surface area (Å²) in [7, 11) is 0. The van der Waals surface area contributed by atoms with Crippen LogP contribution in [0.25, 0.3) is 10.4 Å². The molecule has 1 unspecified atom stereocenters. The lowest BCUT2D eigenvalue weighted by atomic mass is 9.91. The number of β-amino-alcohol motifs (C(OH)–C–C–N with tert-alkyl or cyclic N) is 1. The number of carbonyl (C=O) groups is 2. The molecule has 232 valence electrons. The average molecular weight is 643 g/mol. The number of benzene rings is 1. The Morgan fingerprint density at radius 3 is 2.62 bits per heavy atom. The summed E-state index contributed by atoms with van der Waals surface area (Å²) in [5, 5.41) is 17.3. The number of nitrogens with two attached hydrogens (primary N) is 1. The van der Waals surface area contributed by atoms with Crippen molar-refractivity contribution in [3.63, 3.8) is 0 Å². The van der Waals surface area contributed by atoms with E-state index in [1.54, 1.807) is 24.3 Å². The highest BCUT2D eigenvalue weighted by Crippen LogP contribution is 2.33. The molecule has 2 amide bonds. The van der Waals surface area contributed by atoms with Gasteiger partial charge in [-0.3, -0.25) is 9.59 Å². The van der Waals surface area contributed by atoms with Crippen molar-refractivity contribution in [2.75, 3.05) is 19.7 Å². The zero-order chi connectivity index (χ0) is 28.8. The summed E-state index contributed by atoms with van der Waals surface area (Å²) in [6, 6.07) is 6.88. The number of halogens is 2. The standard InChI is InChI=1S/C29H39N5O5S.2ClH/c1-17(2)26(25-11-18(3)33-39-25)29(37)34-15-22(35)13-23(34)28(36)31-14-21-8-7-20(27-19(4)32-16-40-27)12-24(21)38-10-6-5-9-30;;/h7-8,11-12,16-17,22-23,26,35H,5-6,9-10,13-15,30H2,1-4H3,(H,31,36);2*1H/t22-,23+,26?;;/m1../s1. The van der Waals surface area contributed by atoms with Gasteiger partial charge in [-0.05, 0) is 50.8 Å². The number of thiazole rings is 1. The Hall–Kier alpha value is -2.70. The molecule has 3 aromatic rings. The van der Waals surface area contributed by atoms with Crippen LogP contribution in [0.3, 0.4) is 0 Å². The molecule has 0 saturated carbocycles. The fourth-order valence-corrected chi connectivity index (χ4v) is 5.84. The first-order valence-corrected chi connectivity index (χ1v) is 14.6. The van der Waals surface area contributed by atoms with E-state index in [0.717, 1.165) is 34.5 Å². The van der Waals surface area contributed by atoms with Crippen LogP contribution < -0.4 is 15.8 Å². The molecular formula is C29H41Cl2N5O5S. The lowest BCUT2D eigenvalue weighted by Gasteiger charge is -2.28. The first kappa shape index (κ1) is 35.5. The molecule has 3 atom stereocenters. The molecule has 0 spiro atoms. The molecule has 1 saturated heterocycles. The number of aromatic nitrogens is 2. The number of hydrogen-bond acceptors (Lipinski definition) is 9. The minimum Gasteiger partial charge on any atom is -0.493 e. The molecule has 0 radical (unpaired) electrons. The lowest BCUT2D eigenvalue weighted by Crippen LogP contribution is -2.48. The smallest absolute Gasteiger partial charge is 0.243 e. The molecule has 3 heterocycles. The molecule has 1 aliphatic heterocycles. The summed E-state index contributed by atoms with van der Waals surface area (Å²) in [6.45, 7) is 9.04. The van der Waals surface area contributed by atoms with Crippen LogP contribution in [0.2, 0.25) is 0 Å². The fourth-order valence-electron chi connectivity index (χ4n) is 5.03. The molecule has 1 aliphatic rings. The molecule has 2 aromatic heterocycles. The van der Waals surface area contributed by atoms with E-state index in [1.165, 1.54) is 4.90 Å². The third kappa shape index (κ3) is 8.44. The van der Waals surface area contributed by atoms with Crippen molar-refractivity contribution < 1.29 is 24.0 Å². The Morgan fingerprint density at radius 2 is 2.00 bits per heavy atom. The minimum atomic E-state index is -0.791. The second-order valence-corrected chi connectivity index (χ2v) is 11.5. The zero-order valence-electron chi connectivity index (χ0n) is 24.4. The molecule has 4 N–H and O–H groups in total. The minimum absolute atomic E-state index is 0. The van der Waals surface area contributed by atoms with Crippen molar-refractivity contribution in [3.05, 3.63) is 52.5 Å². The van der Waals surface area contributed by atoms with Crippen molar-refractivity contribution in [3.8, 4) is 16.2 Å². The van der Waals surface area contributed by atoms with E-state index in [1.807, 2.05) is 44.5 Å². The molecule has 13 heteroatoms. The predicted octanol–water partition coefficient (Wildman–Crippen LogP) is 4.39. The van der Waals surface area contributed by atoms with Gasteiger partial charge in [0.25, 0.3) is 0 Å². The highest BCUT2D eigenvalue weighted by molar-refractivity contribution is 7.13. The summed E-state index contributed by atoms with van der Waals surface area (Å²) in [5.74, 6) is -0.110. The number of aliphatic hydroxyl groups is 1. The van der Waals surface area contributed by atoms with Crippen molar-refractivity contribution in [1.82, 2.24) is 20.4 Å². The van der Waals surface area contributed by atoms with Gasteiger partial charge in [-0.1, -0.05) is 31.1 Å². The molecule has 0 aliphatic carbocycles. The van der Waals surface area contributed by atoms with Crippen LogP contribution in [0.4, 0.5) is 0 Å². The first-order valence-electron chi connectivity index (χ1n) is 13.7. The summed E-state index contributed by atoms with van der Waals surface area (Å²) < 4.78 is 11.5. The van der Waals surface area contributed by atoms with Crippen molar-refractivity contribution in [1.29, 1.82) is 0 Å². The molecular weight excluding hydrogens is 601 g/mol. The van der Waals surface area contributed by atoms with Crippen LogP contribution in [0.5, 0.6) is 5.75 Å². The van der Waals surface area contributed by atoms with E-state index in [4.69, 9.17) is 15.0 Å². The average Bonchev–Trinajstić information content (AvgIpc) is 3.65. The van der Waals surface area contributed by atoms with Gasteiger partial charge < -0.3 is 30.3 Å². The maximum absolute atomic E-state index is 13.6. The lowest BCUT2D eigenvalue weighted by molar-refractivity contribution is -0.141. The SMILES string of the molecule is Cc1cc(C(C(=O)N2C[C@H](O)C[C@H]2C(=O)NCc2ccc(-c3scnc3C)cc2OCCCCN)C(C)C)on1.Cl.Cl. The molecule has 42 heavy (non-hydrogen) atoms. The number of nitrogens with zero attached hydrogens (tertiary/aromatic N) is 3. The predicted molar refractivity (Wildman–Crippen MR) is 167 cm³/mol. The number of unbranched alkanes of at least 4 members (excludes halogenated alkanes) is 1. The van der Waals surface area contributed by atoms with Gasteiger partial charge in [0.15, 0.2) is 0 Å². The monoisotopic (exact) mass is 641 g/mol. The Balaban J connectivity index is 0.00000308. The maximum atomic E-state index is 13.6. The maximum Gasteiger partial charge on any atom is 0.243 e. The van der Waals surface area contributed by atoms with Gasteiger partial charge in [0, 0.05) is 31.1 Å². The van der Waals surface area contributed by atoms with Gasteiger partial charge in [0.1, 0.15) is 23.5 Å². The number of carbonyl (C=O) groups excluding carboxylic acids is 2. The van der Waals surface area contributed by atoms with Crippen LogP contribution in [0.1, 0.15) is 61.7 Å². The highest BCUT2D eigenvalue weighted by atomic mass is 35.5. The summed E-state index contributed by atoms with van der Waals surface area (Å²) >= 11 is 1.57. The normalized spacial score (nSPS) is 17.0. The number of likely N-dealkylation sites (tertiary alicyclic amines) is 1. The van der Waals surface area contributed by atoms with Gasteiger partial charge in [-0.2, -0.15) is 0 Å². The molecule has 1 aromatic carbocycles. The number of amides is 2. The number of rotatable bonds is 12. The second kappa shape index (κ2) is 16.2. The van der Waals surface area contributed by atoms with Gasteiger partial charge in [0.2, 0.25) is 11.8 Å². The van der Waals surface area contributed by atoms with Crippen LogP contribution in [-0.2, 0) is 16.1 Å². The number of aryl methyl sites for hydroxylation is 2. The van der Waals surface area contributed by atoms with Crippen molar-refractivity contribution in [2.45, 2.75) is 71.6 Å². The largest absolute Gasteiger partial charge is 0.493 e. The molecule has 4 rings (SSSR count). The van der Waals surface area contributed by atoms with E-state index in [9.17, 15) is 14.7 Å². The van der Waals surface area contributed by atoms with E-state index in [-0.39, 0.29) is 62.1 Å².